The second-order valence-corrected chi connectivity index (χ2v) is 4.86. The van der Waals surface area contributed by atoms with Gasteiger partial charge in [0.25, 0.3) is 0 Å². The molecule has 0 bridgehead atoms. The van der Waals surface area contributed by atoms with Crippen LogP contribution in [0.3, 0.4) is 0 Å². The lowest BCUT2D eigenvalue weighted by molar-refractivity contribution is 0.586. The number of nitrogens with two attached hydrogens (primary N) is 1. The predicted octanol–water partition coefficient (Wildman–Crippen LogP) is 3.22. The van der Waals surface area contributed by atoms with Crippen LogP contribution in [-0.2, 0) is 0 Å². The fourth-order valence-corrected chi connectivity index (χ4v) is 2.80. The largest absolute Gasteiger partial charge is 0.368 e. The minimum atomic E-state index is -0.260. The van der Waals surface area contributed by atoms with Crippen molar-refractivity contribution >= 4 is 5.69 Å². The molecule has 1 saturated heterocycles. The van der Waals surface area contributed by atoms with Crippen molar-refractivity contribution < 1.29 is 4.39 Å². The molecule has 2 N–H and O–H groups in total. The molecule has 0 saturated carbocycles. The van der Waals surface area contributed by atoms with Crippen LogP contribution in [0.5, 0.6) is 0 Å². The number of nitrogens with zero attached hydrogens (tertiary/aromatic N) is 1. The van der Waals surface area contributed by atoms with E-state index in [2.05, 4.69) is 11.8 Å². The van der Waals surface area contributed by atoms with Crippen LogP contribution < -0.4 is 10.6 Å². The highest BCUT2D eigenvalue weighted by atomic mass is 19.1. The molecule has 0 aromatic heterocycles. The van der Waals surface area contributed by atoms with Gasteiger partial charge in [0.2, 0.25) is 0 Å². The van der Waals surface area contributed by atoms with E-state index in [9.17, 15) is 4.39 Å². The summed E-state index contributed by atoms with van der Waals surface area (Å²) in [6, 6.07) is 5.55. The van der Waals surface area contributed by atoms with Gasteiger partial charge in [-0.1, -0.05) is 13.0 Å². The second-order valence-electron chi connectivity index (χ2n) is 4.86. The number of halogens is 1. The average molecular weight is 236 g/mol. The summed E-state index contributed by atoms with van der Waals surface area (Å²) in [6.07, 6.45) is 3.49. The molecule has 0 spiro atoms. The van der Waals surface area contributed by atoms with Crippen LogP contribution in [0.4, 0.5) is 10.1 Å². The zero-order valence-corrected chi connectivity index (χ0v) is 10.6. The Kier molecular flexibility index (Phi) is 3.67. The number of rotatable bonds is 3. The van der Waals surface area contributed by atoms with Crippen molar-refractivity contribution in [2.75, 3.05) is 11.4 Å². The third-order valence-corrected chi connectivity index (χ3v) is 3.64. The highest BCUT2D eigenvalue weighted by molar-refractivity contribution is 5.57. The molecule has 1 aromatic carbocycles. The van der Waals surface area contributed by atoms with Gasteiger partial charge in [0.1, 0.15) is 5.82 Å². The lowest BCUT2D eigenvalue weighted by Crippen LogP contribution is -2.30. The number of anilines is 1. The summed E-state index contributed by atoms with van der Waals surface area (Å²) in [7, 11) is 0. The molecule has 2 nitrogen and oxygen atoms in total. The summed E-state index contributed by atoms with van der Waals surface area (Å²) in [5.41, 5.74) is 7.55. The van der Waals surface area contributed by atoms with Crippen molar-refractivity contribution in [3.05, 3.63) is 29.6 Å². The van der Waals surface area contributed by atoms with Crippen LogP contribution in [0, 0.1) is 5.82 Å². The Hall–Kier alpha value is -1.09. The molecule has 3 heteroatoms. The quantitative estimate of drug-likeness (QED) is 0.873. The SMILES string of the molecule is CCC1CCCN1c1cccc(F)c1C(C)N. The maximum Gasteiger partial charge on any atom is 0.130 e. The molecule has 2 rings (SSSR count). The molecule has 1 heterocycles. The van der Waals surface area contributed by atoms with Crippen LogP contribution in [0.1, 0.15) is 44.7 Å². The van der Waals surface area contributed by atoms with E-state index in [1.807, 2.05) is 13.0 Å². The standard InChI is InChI=1S/C14H21FN2/c1-3-11-6-5-9-17(11)13-8-4-7-12(15)14(13)10(2)16/h4,7-8,10-11H,3,5-6,9,16H2,1-2H3. The fraction of sp³-hybridized carbons (Fsp3) is 0.571. The molecule has 2 atom stereocenters. The normalized spacial score (nSPS) is 21.9. The average Bonchev–Trinajstić information content (AvgIpc) is 2.75. The molecule has 0 amide bonds. The topological polar surface area (TPSA) is 29.3 Å². The molecule has 0 radical (unpaired) electrons. The summed E-state index contributed by atoms with van der Waals surface area (Å²) >= 11 is 0. The van der Waals surface area contributed by atoms with E-state index in [-0.39, 0.29) is 11.9 Å². The van der Waals surface area contributed by atoms with Gasteiger partial charge in [0.05, 0.1) is 0 Å². The van der Waals surface area contributed by atoms with Crippen molar-refractivity contribution in [3.8, 4) is 0 Å². The summed E-state index contributed by atoms with van der Waals surface area (Å²) in [6.45, 7) is 5.05. The summed E-state index contributed by atoms with van der Waals surface area (Å²) < 4.78 is 13.9. The Bertz CT molecular complexity index is 390. The molecule has 1 aromatic rings. The minimum Gasteiger partial charge on any atom is -0.368 e. The molecule has 1 aliphatic rings. The Balaban J connectivity index is 2.40. The number of benzene rings is 1. The van der Waals surface area contributed by atoms with E-state index >= 15 is 0 Å². The maximum absolute atomic E-state index is 13.9. The lowest BCUT2D eigenvalue weighted by atomic mass is 10.0. The second kappa shape index (κ2) is 5.05. The zero-order chi connectivity index (χ0) is 12.4. The first kappa shape index (κ1) is 12.4. The summed E-state index contributed by atoms with van der Waals surface area (Å²) in [4.78, 5) is 2.32. The predicted molar refractivity (Wildman–Crippen MR) is 69.7 cm³/mol. The van der Waals surface area contributed by atoms with Crippen molar-refractivity contribution in [2.45, 2.75) is 45.2 Å². The zero-order valence-electron chi connectivity index (χ0n) is 10.6. The molecular weight excluding hydrogens is 215 g/mol. The van der Waals surface area contributed by atoms with Crippen LogP contribution >= 0.6 is 0 Å². The molecule has 17 heavy (non-hydrogen) atoms. The van der Waals surface area contributed by atoms with E-state index in [0.717, 1.165) is 18.7 Å². The van der Waals surface area contributed by atoms with Crippen molar-refractivity contribution in [3.63, 3.8) is 0 Å². The van der Waals surface area contributed by atoms with Gasteiger partial charge in [-0.05, 0) is 38.3 Å². The third kappa shape index (κ3) is 2.29. The van der Waals surface area contributed by atoms with Gasteiger partial charge < -0.3 is 10.6 Å². The van der Waals surface area contributed by atoms with Crippen molar-refractivity contribution in [1.82, 2.24) is 0 Å². The van der Waals surface area contributed by atoms with Gasteiger partial charge in [-0.15, -0.1) is 0 Å². The molecule has 0 aliphatic carbocycles. The highest BCUT2D eigenvalue weighted by Crippen LogP contribution is 2.33. The Labute approximate surface area is 103 Å². The van der Waals surface area contributed by atoms with Crippen molar-refractivity contribution in [2.24, 2.45) is 5.73 Å². The summed E-state index contributed by atoms with van der Waals surface area (Å²) in [5.74, 6) is -0.181. The van der Waals surface area contributed by atoms with Gasteiger partial charge in [0, 0.05) is 29.9 Å². The Morgan fingerprint density at radius 3 is 2.94 bits per heavy atom. The molecular formula is C14H21FN2. The monoisotopic (exact) mass is 236 g/mol. The Morgan fingerprint density at radius 2 is 2.29 bits per heavy atom. The Morgan fingerprint density at radius 1 is 1.53 bits per heavy atom. The molecule has 1 aliphatic heterocycles. The van der Waals surface area contributed by atoms with Crippen LogP contribution in [-0.4, -0.2) is 12.6 Å². The number of hydrogen-bond acceptors (Lipinski definition) is 2. The highest BCUT2D eigenvalue weighted by Gasteiger charge is 2.26. The lowest BCUT2D eigenvalue weighted by Gasteiger charge is -2.29. The van der Waals surface area contributed by atoms with E-state index < -0.39 is 0 Å². The van der Waals surface area contributed by atoms with Gasteiger partial charge in [-0.2, -0.15) is 0 Å². The first-order chi connectivity index (χ1) is 8.15. The van der Waals surface area contributed by atoms with E-state index in [1.165, 1.54) is 18.9 Å². The van der Waals surface area contributed by atoms with Gasteiger partial charge in [-0.3, -0.25) is 0 Å². The van der Waals surface area contributed by atoms with Gasteiger partial charge in [-0.25, -0.2) is 4.39 Å². The van der Waals surface area contributed by atoms with E-state index in [0.29, 0.717) is 11.6 Å². The fourth-order valence-electron chi connectivity index (χ4n) is 2.80. The van der Waals surface area contributed by atoms with Crippen molar-refractivity contribution in [1.29, 1.82) is 0 Å². The van der Waals surface area contributed by atoms with E-state index in [1.54, 1.807) is 6.07 Å². The maximum atomic E-state index is 13.9. The van der Waals surface area contributed by atoms with Gasteiger partial charge >= 0.3 is 0 Å². The molecule has 1 fully saturated rings. The van der Waals surface area contributed by atoms with Crippen LogP contribution in [0.2, 0.25) is 0 Å². The number of hydrogen-bond donors (Lipinski definition) is 1. The van der Waals surface area contributed by atoms with Crippen LogP contribution in [0.25, 0.3) is 0 Å². The van der Waals surface area contributed by atoms with Crippen LogP contribution in [0.15, 0.2) is 18.2 Å². The molecule has 2 unspecified atom stereocenters. The molecule has 94 valence electrons. The van der Waals surface area contributed by atoms with E-state index in [4.69, 9.17) is 5.73 Å². The summed E-state index contributed by atoms with van der Waals surface area (Å²) in [5, 5.41) is 0. The first-order valence-electron chi connectivity index (χ1n) is 6.45. The first-order valence-corrected chi connectivity index (χ1v) is 6.45. The third-order valence-electron chi connectivity index (χ3n) is 3.64. The van der Waals surface area contributed by atoms with Gasteiger partial charge in [0.15, 0.2) is 0 Å². The smallest absolute Gasteiger partial charge is 0.130 e. The minimum absolute atomic E-state index is 0.181.